The monoisotopic (exact) mass is 1010 g/mol. The number of fused-ring (bicyclic) bond motifs is 14. The summed E-state index contributed by atoms with van der Waals surface area (Å²) in [6.07, 6.45) is 14.6. The number of anilines is 5. The van der Waals surface area contributed by atoms with Crippen molar-refractivity contribution in [3.05, 3.63) is 304 Å². The van der Waals surface area contributed by atoms with Gasteiger partial charge in [-0.2, -0.15) is 0 Å². The molecule has 0 amide bonds. The second kappa shape index (κ2) is 17.8. The molecule has 2 saturated carbocycles. The lowest BCUT2D eigenvalue weighted by molar-refractivity contribution is 0.384. The van der Waals surface area contributed by atoms with Gasteiger partial charge in [-0.15, -0.1) is 0 Å². The molecule has 0 N–H and O–H groups in total. The Morgan fingerprint density at radius 2 is 0.962 bits per heavy atom. The van der Waals surface area contributed by atoms with E-state index in [-0.39, 0.29) is 5.41 Å². The molecule has 0 radical (unpaired) electrons. The van der Waals surface area contributed by atoms with Crippen LogP contribution in [0.4, 0.5) is 28.4 Å². The third kappa shape index (κ3) is 6.92. The van der Waals surface area contributed by atoms with Crippen molar-refractivity contribution in [3.8, 4) is 33.4 Å². The molecule has 0 saturated heterocycles. The maximum Gasteiger partial charge on any atom is 0.0727 e. The highest BCUT2D eigenvalue weighted by Crippen LogP contribution is 2.66. The lowest BCUT2D eigenvalue weighted by atomic mass is 9.70. The van der Waals surface area contributed by atoms with Gasteiger partial charge in [-0.25, -0.2) is 0 Å². The second-order valence-corrected chi connectivity index (χ2v) is 23.6. The van der Waals surface area contributed by atoms with Gasteiger partial charge in [-0.3, -0.25) is 0 Å². The lowest BCUT2D eigenvalue weighted by Gasteiger charge is -2.36. The first-order valence-electron chi connectivity index (χ1n) is 28.8. The van der Waals surface area contributed by atoms with Crippen molar-refractivity contribution in [1.82, 2.24) is 0 Å². The Hall–Kier alpha value is -8.90. The molecule has 79 heavy (non-hydrogen) atoms. The standard InChI is InChI=1S/C77H60N2/c1-76(2)68-32-18-15-29-59(68)62-42-41-58(45-71(62)76)79(57-27-13-6-14-28-57)75-49-73-67(47-65(75)53-39-37-52(38-40-53)63-44-50-35-36-54(63)43-50)61-31-17-20-34-70(61)77(73)69-33-19-16-30-60(69)66-46-64(51-21-7-3-8-22-51)74(48-72(66)77)78(55-23-9-4-10-24-55)56-25-11-5-12-26-56/h3-34,37,39,45-50,54,63H,35-36,41-44H2,1-2H3. The number of allylic oxidation sites excluding steroid dienone is 8. The zero-order valence-electron chi connectivity index (χ0n) is 44.9. The number of nitrogens with zero attached hydrogens (tertiary/aromatic N) is 2. The van der Waals surface area contributed by atoms with Crippen molar-refractivity contribution in [2.24, 2.45) is 17.8 Å². The van der Waals surface area contributed by atoms with Crippen LogP contribution >= 0.6 is 0 Å². The predicted molar refractivity (Wildman–Crippen MR) is 327 cm³/mol. The van der Waals surface area contributed by atoms with Gasteiger partial charge in [0.2, 0.25) is 0 Å². The molecular formula is C77H60N2. The Morgan fingerprint density at radius 3 is 1.53 bits per heavy atom. The molecule has 1 spiro atoms. The molecule has 2 heteroatoms. The van der Waals surface area contributed by atoms with Crippen LogP contribution in [0.15, 0.2) is 265 Å². The first kappa shape index (κ1) is 46.2. The van der Waals surface area contributed by atoms with Crippen molar-refractivity contribution < 1.29 is 0 Å². The van der Waals surface area contributed by atoms with Crippen LogP contribution < -0.4 is 9.80 Å². The van der Waals surface area contributed by atoms with Crippen LogP contribution in [-0.4, -0.2) is 0 Å². The molecule has 0 aromatic heterocycles. The number of rotatable bonds is 9. The summed E-state index contributed by atoms with van der Waals surface area (Å²) < 4.78 is 0. The second-order valence-electron chi connectivity index (χ2n) is 23.6. The van der Waals surface area contributed by atoms with Gasteiger partial charge in [0.25, 0.3) is 0 Å². The van der Waals surface area contributed by atoms with Gasteiger partial charge in [0.15, 0.2) is 0 Å². The van der Waals surface area contributed by atoms with E-state index in [0.717, 1.165) is 53.0 Å². The summed E-state index contributed by atoms with van der Waals surface area (Å²) in [7, 11) is 0. The highest BCUT2D eigenvalue weighted by Gasteiger charge is 2.53. The third-order valence-corrected chi connectivity index (χ3v) is 19.3. The van der Waals surface area contributed by atoms with E-state index in [0.29, 0.717) is 5.92 Å². The van der Waals surface area contributed by atoms with E-state index in [1.807, 2.05) is 0 Å². The molecule has 0 aliphatic heterocycles. The van der Waals surface area contributed by atoms with E-state index < -0.39 is 5.41 Å². The number of para-hydroxylation sites is 3. The molecule has 2 nitrogen and oxygen atoms in total. The Bertz CT molecular complexity index is 4160. The fraction of sp³-hybridized carbons (Fsp3) is 0.169. The molecule has 9 aromatic rings. The van der Waals surface area contributed by atoms with Crippen LogP contribution in [-0.2, 0) is 10.8 Å². The molecule has 4 unspecified atom stereocenters. The minimum Gasteiger partial charge on any atom is -0.314 e. The van der Waals surface area contributed by atoms with Gasteiger partial charge >= 0.3 is 0 Å². The fourth-order valence-electron chi connectivity index (χ4n) is 15.8. The minimum atomic E-state index is -0.663. The molecule has 7 aliphatic carbocycles. The average molecular weight is 1010 g/mol. The summed E-state index contributed by atoms with van der Waals surface area (Å²) in [5.74, 6) is 2.22. The van der Waals surface area contributed by atoms with Gasteiger partial charge in [0.05, 0.1) is 16.8 Å². The number of benzene rings is 9. The summed E-state index contributed by atoms with van der Waals surface area (Å²) >= 11 is 0. The van der Waals surface area contributed by atoms with Gasteiger partial charge < -0.3 is 9.80 Å². The van der Waals surface area contributed by atoms with Crippen LogP contribution in [0.2, 0.25) is 0 Å². The Balaban J connectivity index is 0.997. The molecule has 2 bridgehead atoms. The van der Waals surface area contributed by atoms with Crippen molar-refractivity contribution in [2.75, 3.05) is 9.80 Å². The number of hydrogen-bond acceptors (Lipinski definition) is 2. The lowest BCUT2D eigenvalue weighted by Crippen LogP contribution is -2.27. The molecule has 4 atom stereocenters. The summed E-state index contributed by atoms with van der Waals surface area (Å²) in [5.41, 5.74) is 36.0. The molecule has 378 valence electrons. The van der Waals surface area contributed by atoms with E-state index in [4.69, 9.17) is 0 Å². The predicted octanol–water partition coefficient (Wildman–Crippen LogP) is 19.8. The third-order valence-electron chi connectivity index (χ3n) is 19.3. The summed E-state index contributed by atoms with van der Waals surface area (Å²) in [6, 6.07) is 82.0. The Kier molecular flexibility index (Phi) is 10.4. The first-order valence-corrected chi connectivity index (χ1v) is 28.8. The molecule has 0 heterocycles. The maximum atomic E-state index is 3.90. The van der Waals surface area contributed by atoms with Gasteiger partial charge in [0.1, 0.15) is 0 Å². The van der Waals surface area contributed by atoms with Crippen molar-refractivity contribution >= 4 is 39.6 Å². The maximum absolute atomic E-state index is 3.90. The van der Waals surface area contributed by atoms with E-state index in [1.165, 1.54) is 126 Å². The van der Waals surface area contributed by atoms with Gasteiger partial charge in [-0.05, 0) is 201 Å². The number of hydrogen-bond donors (Lipinski definition) is 0. The van der Waals surface area contributed by atoms with Crippen LogP contribution in [0.3, 0.4) is 0 Å². The molecule has 2 fully saturated rings. The van der Waals surface area contributed by atoms with Crippen LogP contribution in [0.1, 0.15) is 91.3 Å². The van der Waals surface area contributed by atoms with Crippen LogP contribution in [0.5, 0.6) is 0 Å². The molecular weight excluding hydrogens is 953 g/mol. The van der Waals surface area contributed by atoms with Crippen LogP contribution in [0, 0.1) is 17.8 Å². The Labute approximate surface area is 465 Å². The summed E-state index contributed by atoms with van der Waals surface area (Å²) in [6.45, 7) is 4.85. The minimum absolute atomic E-state index is 0.133. The highest BCUT2D eigenvalue weighted by molar-refractivity contribution is 6.02. The summed E-state index contributed by atoms with van der Waals surface area (Å²) in [5, 5.41) is 0. The van der Waals surface area contributed by atoms with Gasteiger partial charge in [0, 0.05) is 50.4 Å². The van der Waals surface area contributed by atoms with E-state index in [9.17, 15) is 0 Å². The van der Waals surface area contributed by atoms with Crippen molar-refractivity contribution in [3.63, 3.8) is 0 Å². The topological polar surface area (TPSA) is 6.48 Å². The first-order chi connectivity index (χ1) is 38.9. The Morgan fingerprint density at radius 1 is 0.430 bits per heavy atom. The normalized spacial score (nSPS) is 20.9. The van der Waals surface area contributed by atoms with E-state index in [1.54, 1.807) is 0 Å². The zero-order chi connectivity index (χ0) is 52.4. The molecule has 16 rings (SSSR count). The van der Waals surface area contributed by atoms with E-state index >= 15 is 0 Å². The smallest absolute Gasteiger partial charge is 0.0727 e. The average Bonchev–Trinajstić information content (AvgIpc) is 2.51. The van der Waals surface area contributed by atoms with Gasteiger partial charge in [-0.1, -0.05) is 189 Å². The SMILES string of the molecule is CC1(C)C2=C(CCC(N(c3ccccc3)c3cc4c(cc3C3=C=C=C(C5CC6CCC5C6)C=C3)-c3ccccc3C43c4ccccc4-c4cc(-c5ccccc5)c(N(c5ccccc5)c5ccccc5)cc43)=C2)c2ccccc21. The highest BCUT2D eigenvalue weighted by atomic mass is 15.2. The largest absolute Gasteiger partial charge is 0.314 e. The van der Waals surface area contributed by atoms with Crippen molar-refractivity contribution in [1.29, 1.82) is 0 Å². The summed E-state index contributed by atoms with van der Waals surface area (Å²) in [4.78, 5) is 5.10. The molecule has 9 aromatic carbocycles. The zero-order valence-corrected chi connectivity index (χ0v) is 44.9. The van der Waals surface area contributed by atoms with Crippen LogP contribution in [0.25, 0.3) is 44.5 Å². The van der Waals surface area contributed by atoms with Crippen molar-refractivity contribution in [2.45, 2.75) is 63.2 Å². The molecule has 7 aliphatic rings. The fourth-order valence-corrected chi connectivity index (χ4v) is 15.8. The van der Waals surface area contributed by atoms with E-state index in [2.05, 4.69) is 272 Å². The quantitative estimate of drug-likeness (QED) is 0.133.